The van der Waals surface area contributed by atoms with Gasteiger partial charge in [-0.3, -0.25) is 4.57 Å². The molecule has 3 aromatic heterocycles. The number of pyridine rings is 1. The molecular formula is C51H39BN6O. The van der Waals surface area contributed by atoms with Crippen molar-refractivity contribution in [2.75, 3.05) is 9.62 Å². The van der Waals surface area contributed by atoms with Crippen molar-refractivity contribution in [2.24, 2.45) is 6.98 Å². The van der Waals surface area contributed by atoms with Gasteiger partial charge in [0.1, 0.15) is 17.3 Å². The van der Waals surface area contributed by atoms with Gasteiger partial charge < -0.3 is 23.5 Å². The first-order valence-electron chi connectivity index (χ1n) is 21.2. The Kier molecular flexibility index (Phi) is 7.38. The minimum absolute atomic E-state index is 0.178. The molecular weight excluding hydrogens is 723 g/mol. The molecule has 0 spiro atoms. The van der Waals surface area contributed by atoms with E-state index in [9.17, 15) is 0 Å². The fraction of sp³-hybridized carbons (Fsp3) is 0.0588. The standard InChI is InChI=1S/C51H39BN6O/c1-35-16-14-17-36(2)51(35)52-57(37-18-6-4-7-19-37)48-32-50(53-33-49(48)58(52)38-20-8-5-9-21-38)56-44-25-11-10-24-42(44)43-29-28-41(31-47(43)56)59-40-23-15-22-39(30-40)55-34-54(3)45-26-12-13-27-46(45)55/h4-33H,1-3H3/i3D3. The number of benzene rings is 7. The topological polar surface area (TPSA) is 42.3 Å². The fourth-order valence-corrected chi connectivity index (χ4v) is 8.87. The number of anilines is 4. The van der Waals surface area contributed by atoms with Gasteiger partial charge in [0.2, 0.25) is 6.33 Å². The van der Waals surface area contributed by atoms with Crippen LogP contribution in [0.4, 0.5) is 22.7 Å². The van der Waals surface area contributed by atoms with Crippen molar-refractivity contribution in [1.29, 1.82) is 0 Å². The van der Waals surface area contributed by atoms with Crippen molar-refractivity contribution in [3.63, 3.8) is 0 Å². The van der Waals surface area contributed by atoms with Gasteiger partial charge in [0.05, 0.1) is 56.4 Å². The molecule has 1 aliphatic rings. The maximum Gasteiger partial charge on any atom is 0.421 e. The zero-order valence-electron chi connectivity index (χ0n) is 35.5. The van der Waals surface area contributed by atoms with Gasteiger partial charge in [-0.15, -0.1) is 0 Å². The van der Waals surface area contributed by atoms with Crippen LogP contribution in [0.5, 0.6) is 11.5 Å². The Morgan fingerprint density at radius 2 is 1.20 bits per heavy atom. The lowest BCUT2D eigenvalue weighted by atomic mass is 9.61. The molecule has 0 unspecified atom stereocenters. The molecule has 0 amide bonds. The predicted octanol–water partition coefficient (Wildman–Crippen LogP) is 10.8. The summed E-state index contributed by atoms with van der Waals surface area (Å²) in [7, 11) is 0. The summed E-state index contributed by atoms with van der Waals surface area (Å²) in [4.78, 5) is 10.1. The Morgan fingerprint density at radius 1 is 0.576 bits per heavy atom. The molecule has 0 radical (unpaired) electrons. The van der Waals surface area contributed by atoms with E-state index in [2.05, 4.69) is 156 Å². The van der Waals surface area contributed by atoms with Gasteiger partial charge in [0, 0.05) is 34.3 Å². The molecule has 0 N–H and O–H groups in total. The van der Waals surface area contributed by atoms with Gasteiger partial charge in [-0.1, -0.05) is 120 Å². The minimum atomic E-state index is -2.39. The molecule has 7 nitrogen and oxygen atoms in total. The highest BCUT2D eigenvalue weighted by atomic mass is 16.5. The van der Waals surface area contributed by atoms with Gasteiger partial charge in [0.25, 0.3) is 0 Å². The van der Waals surface area contributed by atoms with E-state index in [-0.39, 0.29) is 6.98 Å². The van der Waals surface area contributed by atoms with E-state index in [1.54, 1.807) is 10.6 Å². The van der Waals surface area contributed by atoms with Crippen molar-refractivity contribution in [1.82, 2.24) is 14.1 Å². The summed E-state index contributed by atoms with van der Waals surface area (Å²) in [5, 5.41) is 2.18. The van der Waals surface area contributed by atoms with E-state index < -0.39 is 6.98 Å². The highest BCUT2D eigenvalue weighted by Crippen LogP contribution is 2.47. The maximum absolute atomic E-state index is 8.11. The number of fused-ring (bicyclic) bond motifs is 5. The monoisotopic (exact) mass is 765 g/mol. The van der Waals surface area contributed by atoms with Crippen LogP contribution in [0, 0.1) is 20.2 Å². The van der Waals surface area contributed by atoms with Crippen LogP contribution in [0.2, 0.25) is 0 Å². The summed E-state index contributed by atoms with van der Waals surface area (Å²) in [6.07, 6.45) is 5.08. The predicted molar refractivity (Wildman–Crippen MR) is 240 cm³/mol. The first-order valence-corrected chi connectivity index (χ1v) is 19.7. The molecule has 0 fully saturated rings. The molecule has 0 aliphatic carbocycles. The number of ether oxygens (including phenoxy) is 1. The number of aryl methyl sites for hydroxylation is 3. The average Bonchev–Trinajstić information content (AvgIpc) is 3.95. The molecule has 0 saturated heterocycles. The lowest BCUT2D eigenvalue weighted by molar-refractivity contribution is -0.649. The third-order valence-electron chi connectivity index (χ3n) is 11.5. The Bertz CT molecular complexity index is 3310. The van der Waals surface area contributed by atoms with Crippen LogP contribution in [-0.2, 0) is 6.98 Å². The molecule has 4 heterocycles. The Labute approximate surface area is 347 Å². The lowest BCUT2D eigenvalue weighted by Crippen LogP contribution is -2.54. The summed E-state index contributed by atoms with van der Waals surface area (Å²) in [5.74, 6) is 2.03. The summed E-state index contributed by atoms with van der Waals surface area (Å²) in [6, 6.07) is 59.6. The molecule has 11 rings (SSSR count). The Hall–Kier alpha value is -7.58. The van der Waals surface area contributed by atoms with Crippen LogP contribution in [0.3, 0.4) is 0 Å². The van der Waals surface area contributed by atoms with Crippen molar-refractivity contribution in [3.05, 3.63) is 200 Å². The van der Waals surface area contributed by atoms with E-state index in [1.165, 1.54) is 21.2 Å². The molecule has 1 aliphatic heterocycles. The number of hydrogen-bond donors (Lipinski definition) is 0. The Balaban J connectivity index is 1.06. The van der Waals surface area contributed by atoms with E-state index in [0.717, 1.165) is 61.6 Å². The molecule has 0 saturated carbocycles. The molecule has 8 heteroatoms. The third-order valence-corrected chi connectivity index (χ3v) is 11.5. The summed E-state index contributed by atoms with van der Waals surface area (Å²) < 4.78 is 36.2. The van der Waals surface area contributed by atoms with Crippen molar-refractivity contribution in [3.8, 4) is 23.0 Å². The van der Waals surface area contributed by atoms with Crippen LogP contribution >= 0.6 is 0 Å². The Morgan fingerprint density at radius 3 is 1.97 bits per heavy atom. The largest absolute Gasteiger partial charge is 0.458 e. The molecule has 10 aromatic rings. The molecule has 59 heavy (non-hydrogen) atoms. The van der Waals surface area contributed by atoms with Crippen LogP contribution in [0.1, 0.15) is 15.2 Å². The summed E-state index contributed by atoms with van der Waals surface area (Å²) >= 11 is 0. The van der Waals surface area contributed by atoms with E-state index in [0.29, 0.717) is 17.0 Å². The first kappa shape index (κ1) is 31.5. The zero-order chi connectivity index (χ0) is 42.1. The van der Waals surface area contributed by atoms with E-state index in [4.69, 9.17) is 13.8 Å². The fourth-order valence-electron chi connectivity index (χ4n) is 8.87. The lowest BCUT2D eigenvalue weighted by Gasteiger charge is -2.32. The number of nitrogens with zero attached hydrogens (tertiary/aromatic N) is 6. The second kappa shape index (κ2) is 13.8. The van der Waals surface area contributed by atoms with Crippen molar-refractivity contribution in [2.45, 2.75) is 13.8 Å². The SMILES string of the molecule is [2H]C([2H])([2H])[n+]1[c-]n(-c2cccc(Oc3ccc4c5ccccc5n(-c5cc6c(cn5)N(c5ccccc5)B(c5c(C)cccc5C)N6c5ccccc5)c4c3)c2)c2ccccc21. The van der Waals surface area contributed by atoms with Gasteiger partial charge in [0.15, 0.2) is 0 Å². The normalized spacial score (nSPS) is 13.5. The second-order valence-electron chi connectivity index (χ2n) is 15.0. The zero-order valence-corrected chi connectivity index (χ0v) is 32.5. The van der Waals surface area contributed by atoms with Crippen molar-refractivity contribution >= 4 is 68.0 Å². The molecule has 7 aromatic carbocycles. The van der Waals surface area contributed by atoms with Crippen LogP contribution in [0.15, 0.2) is 182 Å². The number of imidazole rings is 1. The first-order chi connectivity index (χ1) is 30.2. The second-order valence-corrected chi connectivity index (χ2v) is 15.0. The van der Waals surface area contributed by atoms with E-state index >= 15 is 0 Å². The quantitative estimate of drug-likeness (QED) is 0.0921. The van der Waals surface area contributed by atoms with Gasteiger partial charge in [-0.25, -0.2) is 4.98 Å². The summed E-state index contributed by atoms with van der Waals surface area (Å²) in [6.45, 7) is 1.84. The van der Waals surface area contributed by atoms with Crippen LogP contribution in [-0.4, -0.2) is 21.1 Å². The highest BCUT2D eigenvalue weighted by molar-refractivity contribution is 6.85. The summed E-state index contributed by atoms with van der Waals surface area (Å²) in [5.41, 5.74) is 11.9. The van der Waals surface area contributed by atoms with Gasteiger partial charge >= 0.3 is 6.98 Å². The number of hydrogen-bond acceptors (Lipinski definition) is 4. The van der Waals surface area contributed by atoms with E-state index in [1.807, 2.05) is 54.7 Å². The van der Waals surface area contributed by atoms with Crippen LogP contribution in [0.25, 0.3) is 44.3 Å². The smallest absolute Gasteiger partial charge is 0.421 e. The maximum atomic E-state index is 8.11. The number of aromatic nitrogens is 4. The number of rotatable bonds is 7. The highest BCUT2D eigenvalue weighted by Gasteiger charge is 2.45. The minimum Gasteiger partial charge on any atom is -0.458 e. The van der Waals surface area contributed by atoms with Crippen molar-refractivity contribution < 1.29 is 13.4 Å². The number of para-hydroxylation sites is 5. The van der Waals surface area contributed by atoms with Gasteiger partial charge in [-0.2, -0.15) is 0 Å². The molecule has 0 atom stereocenters. The third kappa shape index (κ3) is 5.67. The molecule has 0 bridgehead atoms. The molecule has 282 valence electrons. The average molecular weight is 766 g/mol. The van der Waals surface area contributed by atoms with Crippen LogP contribution < -0.4 is 24.4 Å². The van der Waals surface area contributed by atoms with Gasteiger partial charge in [-0.05, 0) is 73.9 Å².